The molecule has 1 unspecified atom stereocenters. The van der Waals surface area contributed by atoms with E-state index >= 15 is 0 Å². The van der Waals surface area contributed by atoms with Crippen LogP contribution in [0.3, 0.4) is 0 Å². The second kappa shape index (κ2) is 6.63. The number of ether oxygens (including phenoxy) is 1. The summed E-state index contributed by atoms with van der Waals surface area (Å²) in [6.45, 7) is 4.92. The SMILES string of the molecule is Cc1cc(C2CCNC2)cc(Br)c1OCc1ccccc1. The van der Waals surface area contributed by atoms with Gasteiger partial charge in [0.1, 0.15) is 12.4 Å². The highest BCUT2D eigenvalue weighted by atomic mass is 79.9. The number of aryl methyl sites for hydroxylation is 1. The number of rotatable bonds is 4. The van der Waals surface area contributed by atoms with Crippen LogP contribution in [0, 0.1) is 6.92 Å². The highest BCUT2D eigenvalue weighted by Gasteiger charge is 2.19. The molecule has 1 N–H and O–H groups in total. The normalized spacial score (nSPS) is 17.9. The molecule has 110 valence electrons. The molecule has 1 atom stereocenters. The van der Waals surface area contributed by atoms with Gasteiger partial charge in [-0.2, -0.15) is 0 Å². The molecule has 2 nitrogen and oxygen atoms in total. The molecule has 0 radical (unpaired) electrons. The van der Waals surface area contributed by atoms with Crippen molar-refractivity contribution in [1.82, 2.24) is 5.32 Å². The fourth-order valence-corrected chi connectivity index (χ4v) is 3.54. The van der Waals surface area contributed by atoms with Gasteiger partial charge in [0.05, 0.1) is 4.47 Å². The zero-order chi connectivity index (χ0) is 14.7. The van der Waals surface area contributed by atoms with Crippen LogP contribution in [0.1, 0.15) is 29.0 Å². The van der Waals surface area contributed by atoms with E-state index in [-0.39, 0.29) is 0 Å². The van der Waals surface area contributed by atoms with Crippen LogP contribution in [0.2, 0.25) is 0 Å². The predicted molar refractivity (Wildman–Crippen MR) is 89.9 cm³/mol. The Balaban J connectivity index is 1.76. The summed E-state index contributed by atoms with van der Waals surface area (Å²) in [6, 6.07) is 14.8. The highest BCUT2D eigenvalue weighted by molar-refractivity contribution is 9.10. The molecule has 1 heterocycles. The first-order chi connectivity index (χ1) is 10.2. The minimum Gasteiger partial charge on any atom is -0.487 e. The minimum absolute atomic E-state index is 0.602. The summed E-state index contributed by atoms with van der Waals surface area (Å²) in [7, 11) is 0. The lowest BCUT2D eigenvalue weighted by molar-refractivity contribution is 0.302. The smallest absolute Gasteiger partial charge is 0.136 e. The van der Waals surface area contributed by atoms with Gasteiger partial charge >= 0.3 is 0 Å². The van der Waals surface area contributed by atoms with Gasteiger partial charge in [0.2, 0.25) is 0 Å². The average Bonchev–Trinajstić information content (AvgIpc) is 3.01. The molecule has 3 rings (SSSR count). The first-order valence-electron chi connectivity index (χ1n) is 7.41. The fourth-order valence-electron chi connectivity index (χ4n) is 2.84. The summed E-state index contributed by atoms with van der Waals surface area (Å²) in [5, 5.41) is 3.42. The third-order valence-corrected chi connectivity index (χ3v) is 4.60. The van der Waals surface area contributed by atoms with Gasteiger partial charge in [0.25, 0.3) is 0 Å². The second-order valence-corrected chi connectivity index (χ2v) is 6.47. The van der Waals surface area contributed by atoms with Crippen LogP contribution in [0.15, 0.2) is 46.9 Å². The van der Waals surface area contributed by atoms with E-state index in [1.54, 1.807) is 0 Å². The number of nitrogens with one attached hydrogen (secondary N) is 1. The van der Waals surface area contributed by atoms with E-state index in [0.717, 1.165) is 23.3 Å². The van der Waals surface area contributed by atoms with Gasteiger partial charge in [-0.3, -0.25) is 0 Å². The largest absolute Gasteiger partial charge is 0.487 e. The Morgan fingerprint density at radius 1 is 1.24 bits per heavy atom. The lowest BCUT2D eigenvalue weighted by Gasteiger charge is -2.16. The first kappa shape index (κ1) is 14.6. The molecule has 21 heavy (non-hydrogen) atoms. The summed E-state index contributed by atoms with van der Waals surface area (Å²) in [5.41, 5.74) is 3.78. The molecule has 0 aromatic heterocycles. The Morgan fingerprint density at radius 2 is 2.05 bits per heavy atom. The number of halogens is 1. The molecule has 0 spiro atoms. The van der Waals surface area contributed by atoms with Crippen molar-refractivity contribution in [3.63, 3.8) is 0 Å². The molecule has 1 fully saturated rings. The highest BCUT2D eigenvalue weighted by Crippen LogP contribution is 2.34. The maximum Gasteiger partial charge on any atom is 0.136 e. The van der Waals surface area contributed by atoms with E-state index in [9.17, 15) is 0 Å². The van der Waals surface area contributed by atoms with Crippen molar-refractivity contribution in [3.8, 4) is 5.75 Å². The Kier molecular flexibility index (Phi) is 4.61. The monoisotopic (exact) mass is 345 g/mol. The molecule has 2 aromatic rings. The van der Waals surface area contributed by atoms with Crippen molar-refractivity contribution in [2.45, 2.75) is 25.9 Å². The summed E-state index contributed by atoms with van der Waals surface area (Å²) in [6.07, 6.45) is 1.22. The Bertz CT molecular complexity index is 583. The molecular weight excluding hydrogens is 326 g/mol. The van der Waals surface area contributed by atoms with E-state index in [4.69, 9.17) is 4.74 Å². The fraction of sp³-hybridized carbons (Fsp3) is 0.333. The average molecular weight is 346 g/mol. The Labute approximate surface area is 134 Å². The van der Waals surface area contributed by atoms with E-state index in [2.05, 4.69) is 52.4 Å². The van der Waals surface area contributed by atoms with Crippen LogP contribution < -0.4 is 10.1 Å². The summed E-state index contributed by atoms with van der Waals surface area (Å²) in [5.74, 6) is 1.58. The number of hydrogen-bond donors (Lipinski definition) is 1. The van der Waals surface area contributed by atoms with Crippen LogP contribution in [0.25, 0.3) is 0 Å². The van der Waals surface area contributed by atoms with Gasteiger partial charge in [-0.1, -0.05) is 36.4 Å². The van der Waals surface area contributed by atoms with Crippen molar-refractivity contribution in [1.29, 1.82) is 0 Å². The topological polar surface area (TPSA) is 21.3 Å². The van der Waals surface area contributed by atoms with Crippen molar-refractivity contribution in [2.75, 3.05) is 13.1 Å². The molecular formula is C18H20BrNO. The standard InChI is InChI=1S/C18H20BrNO/c1-13-9-16(15-7-8-20-11-15)10-17(19)18(13)21-12-14-5-3-2-4-6-14/h2-6,9-10,15,20H,7-8,11-12H2,1H3. The van der Waals surface area contributed by atoms with Crippen molar-refractivity contribution in [2.24, 2.45) is 0 Å². The van der Waals surface area contributed by atoms with Crippen molar-refractivity contribution >= 4 is 15.9 Å². The molecule has 0 saturated carbocycles. The van der Waals surface area contributed by atoms with Crippen LogP contribution in [-0.4, -0.2) is 13.1 Å². The molecule has 1 aliphatic rings. The maximum absolute atomic E-state index is 6.01. The zero-order valence-corrected chi connectivity index (χ0v) is 13.8. The van der Waals surface area contributed by atoms with Crippen molar-refractivity contribution in [3.05, 3.63) is 63.6 Å². The molecule has 2 aromatic carbocycles. The molecule has 1 aliphatic heterocycles. The van der Waals surface area contributed by atoms with E-state index in [0.29, 0.717) is 12.5 Å². The summed E-state index contributed by atoms with van der Waals surface area (Å²) >= 11 is 3.67. The first-order valence-corrected chi connectivity index (χ1v) is 8.21. The lowest BCUT2D eigenvalue weighted by atomic mass is 9.96. The van der Waals surface area contributed by atoms with E-state index in [1.807, 2.05) is 18.2 Å². The van der Waals surface area contributed by atoms with Crippen molar-refractivity contribution < 1.29 is 4.74 Å². The van der Waals surface area contributed by atoms with Gasteiger partial charge < -0.3 is 10.1 Å². The third kappa shape index (κ3) is 3.47. The molecule has 3 heteroatoms. The summed E-state index contributed by atoms with van der Waals surface area (Å²) < 4.78 is 7.06. The van der Waals surface area contributed by atoms with Crippen LogP contribution in [0.5, 0.6) is 5.75 Å². The van der Waals surface area contributed by atoms with Gasteiger partial charge in [-0.25, -0.2) is 0 Å². The van der Waals surface area contributed by atoms with Gasteiger partial charge in [0.15, 0.2) is 0 Å². The zero-order valence-electron chi connectivity index (χ0n) is 12.2. The molecule has 0 bridgehead atoms. The second-order valence-electron chi connectivity index (χ2n) is 5.61. The van der Waals surface area contributed by atoms with Gasteiger partial charge in [-0.15, -0.1) is 0 Å². The predicted octanol–water partition coefficient (Wildman–Crippen LogP) is 4.41. The Morgan fingerprint density at radius 3 is 2.71 bits per heavy atom. The van der Waals surface area contributed by atoms with E-state index in [1.165, 1.54) is 23.1 Å². The maximum atomic E-state index is 6.01. The van der Waals surface area contributed by atoms with Crippen LogP contribution >= 0.6 is 15.9 Å². The number of benzene rings is 2. The van der Waals surface area contributed by atoms with Crippen LogP contribution in [-0.2, 0) is 6.61 Å². The van der Waals surface area contributed by atoms with Gasteiger partial charge in [0, 0.05) is 6.54 Å². The molecule has 0 amide bonds. The molecule has 0 aliphatic carbocycles. The van der Waals surface area contributed by atoms with Crippen LogP contribution in [0.4, 0.5) is 0 Å². The summed E-state index contributed by atoms with van der Waals surface area (Å²) in [4.78, 5) is 0. The Hall–Kier alpha value is -1.32. The quantitative estimate of drug-likeness (QED) is 0.885. The van der Waals surface area contributed by atoms with Gasteiger partial charge in [-0.05, 0) is 64.5 Å². The minimum atomic E-state index is 0.602. The van der Waals surface area contributed by atoms with E-state index < -0.39 is 0 Å². The third-order valence-electron chi connectivity index (χ3n) is 4.01. The lowest BCUT2D eigenvalue weighted by Crippen LogP contribution is -2.08. The molecule has 1 saturated heterocycles. The number of hydrogen-bond acceptors (Lipinski definition) is 2.